The fraction of sp³-hybridized carbons (Fsp3) is 0.176. The second kappa shape index (κ2) is 8.61. The average Bonchev–Trinajstić information content (AvgIpc) is 3.07. The molecular formula is C17H15ClFNO3S. The van der Waals surface area contributed by atoms with Gasteiger partial charge in [-0.05, 0) is 42.1 Å². The number of halogens is 2. The van der Waals surface area contributed by atoms with Gasteiger partial charge >= 0.3 is 5.97 Å². The van der Waals surface area contributed by atoms with Gasteiger partial charge in [0.15, 0.2) is 6.10 Å². The highest BCUT2D eigenvalue weighted by Crippen LogP contribution is 2.16. The van der Waals surface area contributed by atoms with E-state index in [9.17, 15) is 14.0 Å². The minimum atomic E-state index is -0.918. The van der Waals surface area contributed by atoms with Crippen molar-refractivity contribution < 1.29 is 18.7 Å². The Morgan fingerprint density at radius 1 is 1.42 bits per heavy atom. The number of amides is 1. The van der Waals surface area contributed by atoms with Gasteiger partial charge in [-0.15, -0.1) is 11.3 Å². The van der Waals surface area contributed by atoms with Crippen LogP contribution in [0.1, 0.15) is 17.4 Å². The van der Waals surface area contributed by atoms with Gasteiger partial charge in [0.1, 0.15) is 5.82 Å². The molecule has 2 rings (SSSR count). The number of hydrogen-bond donors (Lipinski definition) is 1. The molecule has 0 fully saturated rings. The van der Waals surface area contributed by atoms with Crippen LogP contribution in [0.2, 0.25) is 5.02 Å². The predicted octanol–water partition coefficient (Wildman–Crippen LogP) is 3.80. The zero-order chi connectivity index (χ0) is 17.5. The third-order valence-corrected chi connectivity index (χ3v) is 4.20. The van der Waals surface area contributed by atoms with Crippen molar-refractivity contribution in [3.63, 3.8) is 0 Å². The summed E-state index contributed by atoms with van der Waals surface area (Å²) in [5.74, 6) is -1.59. The minimum absolute atomic E-state index is 0.0353. The van der Waals surface area contributed by atoms with E-state index in [0.29, 0.717) is 12.1 Å². The second-order valence-corrected chi connectivity index (χ2v) is 6.32. The molecule has 0 saturated heterocycles. The van der Waals surface area contributed by atoms with E-state index in [2.05, 4.69) is 5.32 Å². The molecule has 0 radical (unpaired) electrons. The van der Waals surface area contributed by atoms with Crippen molar-refractivity contribution in [3.05, 3.63) is 63.1 Å². The van der Waals surface area contributed by atoms with Crippen LogP contribution in [0.5, 0.6) is 0 Å². The zero-order valence-corrected chi connectivity index (χ0v) is 14.4. The molecule has 0 unspecified atom stereocenters. The topological polar surface area (TPSA) is 55.4 Å². The molecule has 0 spiro atoms. The first-order valence-corrected chi connectivity index (χ1v) is 8.35. The van der Waals surface area contributed by atoms with Crippen molar-refractivity contribution in [2.75, 3.05) is 0 Å². The Bertz CT molecular complexity index is 746. The Labute approximate surface area is 147 Å². The highest BCUT2D eigenvalue weighted by atomic mass is 35.5. The molecule has 1 aromatic heterocycles. The molecule has 7 heteroatoms. The van der Waals surface area contributed by atoms with Gasteiger partial charge < -0.3 is 10.1 Å². The first-order chi connectivity index (χ1) is 11.5. The van der Waals surface area contributed by atoms with Crippen molar-refractivity contribution in [3.8, 4) is 0 Å². The number of hydrogen-bond acceptors (Lipinski definition) is 4. The molecule has 2 aromatic rings. The van der Waals surface area contributed by atoms with Crippen LogP contribution in [0.4, 0.5) is 4.39 Å². The van der Waals surface area contributed by atoms with E-state index in [-0.39, 0.29) is 10.9 Å². The van der Waals surface area contributed by atoms with Gasteiger partial charge in [-0.25, -0.2) is 9.18 Å². The maximum Gasteiger partial charge on any atom is 0.331 e. The lowest BCUT2D eigenvalue weighted by molar-refractivity contribution is -0.150. The van der Waals surface area contributed by atoms with E-state index in [4.69, 9.17) is 16.3 Å². The van der Waals surface area contributed by atoms with Crippen LogP contribution in [-0.2, 0) is 20.9 Å². The van der Waals surface area contributed by atoms with Crippen LogP contribution in [0.25, 0.3) is 6.08 Å². The molecule has 0 bridgehead atoms. The van der Waals surface area contributed by atoms with Crippen LogP contribution in [0.15, 0.2) is 41.8 Å². The molecule has 0 saturated carbocycles. The summed E-state index contributed by atoms with van der Waals surface area (Å²) in [6.45, 7) is 1.88. The van der Waals surface area contributed by atoms with E-state index in [1.54, 1.807) is 0 Å². The Morgan fingerprint density at radius 2 is 2.21 bits per heavy atom. The third kappa shape index (κ3) is 5.47. The van der Waals surface area contributed by atoms with Gasteiger partial charge in [-0.3, -0.25) is 4.79 Å². The molecule has 24 heavy (non-hydrogen) atoms. The van der Waals surface area contributed by atoms with E-state index < -0.39 is 17.9 Å². The van der Waals surface area contributed by atoms with E-state index >= 15 is 0 Å². The number of nitrogens with one attached hydrogen (secondary N) is 1. The van der Waals surface area contributed by atoms with E-state index in [1.165, 1.54) is 42.5 Å². The number of carbonyl (C=O) groups is 2. The van der Waals surface area contributed by atoms with Crippen LogP contribution in [0.3, 0.4) is 0 Å². The van der Waals surface area contributed by atoms with Gasteiger partial charge in [0, 0.05) is 11.0 Å². The zero-order valence-electron chi connectivity index (χ0n) is 12.8. The smallest absolute Gasteiger partial charge is 0.331 e. The molecule has 1 atom stereocenters. The third-order valence-electron chi connectivity index (χ3n) is 3.03. The molecule has 1 aromatic carbocycles. The number of benzene rings is 1. The van der Waals surface area contributed by atoms with Gasteiger partial charge in [0.25, 0.3) is 5.91 Å². The molecular weight excluding hydrogens is 353 g/mol. The predicted molar refractivity (Wildman–Crippen MR) is 92.2 cm³/mol. The molecule has 126 valence electrons. The molecule has 1 amide bonds. The monoisotopic (exact) mass is 367 g/mol. The first kappa shape index (κ1) is 18.2. The van der Waals surface area contributed by atoms with Crippen molar-refractivity contribution in [1.82, 2.24) is 5.32 Å². The van der Waals surface area contributed by atoms with Crippen LogP contribution >= 0.6 is 22.9 Å². The summed E-state index contributed by atoms with van der Waals surface area (Å²) in [6.07, 6.45) is 1.68. The Kier molecular flexibility index (Phi) is 6.52. The number of rotatable bonds is 6. The highest BCUT2D eigenvalue weighted by molar-refractivity contribution is 7.09. The minimum Gasteiger partial charge on any atom is -0.449 e. The summed E-state index contributed by atoms with van der Waals surface area (Å²) >= 11 is 7.18. The second-order valence-electron chi connectivity index (χ2n) is 4.88. The Balaban J connectivity index is 1.82. The summed E-state index contributed by atoms with van der Waals surface area (Å²) in [4.78, 5) is 24.6. The molecule has 4 nitrogen and oxygen atoms in total. The van der Waals surface area contributed by atoms with Crippen LogP contribution in [-0.4, -0.2) is 18.0 Å². The lowest BCUT2D eigenvalue weighted by atomic mass is 10.2. The van der Waals surface area contributed by atoms with Crippen LogP contribution in [0, 0.1) is 5.82 Å². The molecule has 0 aliphatic rings. The van der Waals surface area contributed by atoms with Crippen molar-refractivity contribution >= 4 is 40.9 Å². The molecule has 0 aliphatic heterocycles. The number of carbonyl (C=O) groups excluding carboxylic acids is 2. The average molecular weight is 368 g/mol. The number of thiophene rings is 1. The lowest BCUT2D eigenvalue weighted by Gasteiger charge is -2.11. The van der Waals surface area contributed by atoms with E-state index in [0.717, 1.165) is 11.0 Å². The van der Waals surface area contributed by atoms with Gasteiger partial charge in [0.2, 0.25) is 0 Å². The fourth-order valence-electron chi connectivity index (χ4n) is 1.78. The van der Waals surface area contributed by atoms with E-state index in [1.807, 2.05) is 17.5 Å². The van der Waals surface area contributed by atoms with Crippen molar-refractivity contribution in [2.24, 2.45) is 0 Å². The summed E-state index contributed by atoms with van der Waals surface area (Å²) in [5.41, 5.74) is 0.549. The summed E-state index contributed by atoms with van der Waals surface area (Å²) in [6, 6.07) is 7.86. The lowest BCUT2D eigenvalue weighted by Crippen LogP contribution is -2.34. The standard InChI is InChI=1S/C17H15ClFNO3S/c1-11(17(22)20-10-13-3-2-8-24-13)23-16(21)7-5-12-4-6-15(19)14(18)9-12/h2-9,11H,10H2,1H3,(H,20,22)/b7-5+/t11-/m0/s1. The quantitative estimate of drug-likeness (QED) is 0.624. The summed E-state index contributed by atoms with van der Waals surface area (Å²) < 4.78 is 18.1. The van der Waals surface area contributed by atoms with Gasteiger partial charge in [-0.1, -0.05) is 23.7 Å². The summed E-state index contributed by atoms with van der Waals surface area (Å²) in [5, 5.41) is 4.57. The Morgan fingerprint density at radius 3 is 2.88 bits per heavy atom. The largest absolute Gasteiger partial charge is 0.449 e. The Hall–Kier alpha value is -2.18. The highest BCUT2D eigenvalue weighted by Gasteiger charge is 2.16. The van der Waals surface area contributed by atoms with Gasteiger partial charge in [-0.2, -0.15) is 0 Å². The van der Waals surface area contributed by atoms with Gasteiger partial charge in [0.05, 0.1) is 11.6 Å². The molecule has 1 N–H and O–H groups in total. The number of ether oxygens (including phenoxy) is 1. The first-order valence-electron chi connectivity index (χ1n) is 7.09. The fourth-order valence-corrected chi connectivity index (χ4v) is 2.61. The maximum absolute atomic E-state index is 13.0. The number of esters is 1. The van der Waals surface area contributed by atoms with Crippen molar-refractivity contribution in [2.45, 2.75) is 19.6 Å². The molecule has 0 aliphatic carbocycles. The van der Waals surface area contributed by atoms with Crippen LogP contribution < -0.4 is 5.32 Å². The maximum atomic E-state index is 13.0. The molecule has 1 heterocycles. The normalized spacial score (nSPS) is 12.1. The SMILES string of the molecule is C[C@H](OC(=O)/C=C/c1ccc(F)c(Cl)c1)C(=O)NCc1cccs1. The summed E-state index contributed by atoms with van der Waals surface area (Å²) in [7, 11) is 0. The van der Waals surface area contributed by atoms with Crippen molar-refractivity contribution in [1.29, 1.82) is 0 Å².